The van der Waals surface area contributed by atoms with Gasteiger partial charge in [0.25, 0.3) is 0 Å². The van der Waals surface area contributed by atoms with Crippen molar-refractivity contribution in [1.82, 2.24) is 0 Å². The van der Waals surface area contributed by atoms with Crippen LogP contribution < -0.4 is 10.5 Å². The van der Waals surface area contributed by atoms with Crippen molar-refractivity contribution < 1.29 is 9.47 Å². The average Bonchev–Trinajstić information content (AvgIpc) is 2.09. The average molecular weight is 204 g/mol. The van der Waals surface area contributed by atoms with Crippen LogP contribution in [0.15, 0.2) is 24.3 Å². The first-order chi connectivity index (χ1) is 5.84. The number of hydrogen-bond acceptors (Lipinski definition) is 3. The molecule has 2 N–H and O–H groups in total. The van der Waals surface area contributed by atoms with Crippen LogP contribution in [0.1, 0.15) is 0 Å². The molecule has 1 aromatic rings. The molecule has 13 heavy (non-hydrogen) atoms. The third-order valence-corrected chi connectivity index (χ3v) is 1.46. The standard InChI is InChI=1S/C9H13NO2.ClH/c1-11-6-7-12-9-5-3-2-4-8(9)10;/h2-5H,6-7,10H2,1H3;1H. The van der Waals surface area contributed by atoms with Crippen molar-refractivity contribution in [2.45, 2.75) is 0 Å². The zero-order valence-electron chi connectivity index (χ0n) is 7.53. The minimum Gasteiger partial charge on any atom is -0.489 e. The maximum atomic E-state index is 5.64. The summed E-state index contributed by atoms with van der Waals surface area (Å²) in [5.41, 5.74) is 6.30. The largest absolute Gasteiger partial charge is 0.489 e. The van der Waals surface area contributed by atoms with Gasteiger partial charge in [0, 0.05) is 7.11 Å². The quantitative estimate of drug-likeness (QED) is 0.599. The number of anilines is 1. The Labute approximate surface area is 84.2 Å². The Bertz CT molecular complexity index is 243. The molecule has 0 unspecified atom stereocenters. The molecule has 0 saturated heterocycles. The molecule has 3 nitrogen and oxygen atoms in total. The van der Waals surface area contributed by atoms with Gasteiger partial charge in [-0.15, -0.1) is 12.4 Å². The second-order valence-corrected chi connectivity index (χ2v) is 2.38. The first-order valence-electron chi connectivity index (χ1n) is 3.81. The Morgan fingerprint density at radius 3 is 2.54 bits per heavy atom. The number of nitrogen functional groups attached to an aromatic ring is 1. The molecular formula is C9H14ClNO2. The highest BCUT2D eigenvalue weighted by Crippen LogP contribution is 2.19. The van der Waals surface area contributed by atoms with Gasteiger partial charge in [-0.2, -0.15) is 0 Å². The van der Waals surface area contributed by atoms with E-state index in [0.717, 1.165) is 5.75 Å². The summed E-state index contributed by atoms with van der Waals surface area (Å²) in [4.78, 5) is 0. The van der Waals surface area contributed by atoms with Crippen LogP contribution in [0.25, 0.3) is 0 Å². The van der Waals surface area contributed by atoms with E-state index in [2.05, 4.69) is 0 Å². The number of hydrogen-bond donors (Lipinski definition) is 1. The van der Waals surface area contributed by atoms with Crippen LogP contribution >= 0.6 is 12.4 Å². The lowest BCUT2D eigenvalue weighted by molar-refractivity contribution is 0.146. The predicted octanol–water partition coefficient (Wildman–Crippen LogP) is 1.72. The minimum absolute atomic E-state index is 0. The molecule has 0 atom stereocenters. The number of halogens is 1. The van der Waals surface area contributed by atoms with E-state index in [1.165, 1.54) is 0 Å². The smallest absolute Gasteiger partial charge is 0.142 e. The fourth-order valence-electron chi connectivity index (χ4n) is 0.847. The van der Waals surface area contributed by atoms with Crippen molar-refractivity contribution in [2.75, 3.05) is 26.1 Å². The highest BCUT2D eigenvalue weighted by Gasteiger charge is 1.96. The molecule has 74 valence electrons. The van der Waals surface area contributed by atoms with Crippen molar-refractivity contribution in [2.24, 2.45) is 0 Å². The molecule has 0 aromatic heterocycles. The molecule has 0 aliphatic carbocycles. The SMILES string of the molecule is COCCOc1ccccc1N.Cl. The molecule has 0 bridgehead atoms. The number of rotatable bonds is 4. The Hall–Kier alpha value is -0.930. The normalized spacial score (nSPS) is 9.00. The Morgan fingerprint density at radius 1 is 1.23 bits per heavy atom. The van der Waals surface area contributed by atoms with Crippen LogP contribution in [0.4, 0.5) is 5.69 Å². The molecule has 1 rings (SSSR count). The van der Waals surface area contributed by atoms with E-state index in [0.29, 0.717) is 18.9 Å². The topological polar surface area (TPSA) is 44.5 Å². The van der Waals surface area contributed by atoms with Crippen LogP contribution in [0.2, 0.25) is 0 Å². The van der Waals surface area contributed by atoms with E-state index in [9.17, 15) is 0 Å². The van der Waals surface area contributed by atoms with E-state index in [-0.39, 0.29) is 12.4 Å². The molecule has 0 heterocycles. The molecular weight excluding hydrogens is 190 g/mol. The van der Waals surface area contributed by atoms with Crippen molar-refractivity contribution in [1.29, 1.82) is 0 Å². The highest BCUT2D eigenvalue weighted by atomic mass is 35.5. The molecule has 4 heteroatoms. The Kier molecular flexibility index (Phi) is 6.10. The lowest BCUT2D eigenvalue weighted by Gasteiger charge is -2.06. The monoisotopic (exact) mass is 203 g/mol. The third kappa shape index (κ3) is 4.01. The molecule has 0 spiro atoms. The fraction of sp³-hybridized carbons (Fsp3) is 0.333. The van der Waals surface area contributed by atoms with Crippen LogP contribution in [-0.2, 0) is 4.74 Å². The fourth-order valence-corrected chi connectivity index (χ4v) is 0.847. The Balaban J connectivity index is 0.00000144. The molecule has 0 aliphatic rings. The highest BCUT2D eigenvalue weighted by molar-refractivity contribution is 5.85. The predicted molar refractivity (Wildman–Crippen MR) is 55.5 cm³/mol. The summed E-state index contributed by atoms with van der Waals surface area (Å²) in [5, 5.41) is 0. The van der Waals surface area contributed by atoms with Gasteiger partial charge in [0.15, 0.2) is 0 Å². The van der Waals surface area contributed by atoms with Crippen LogP contribution in [0, 0.1) is 0 Å². The summed E-state index contributed by atoms with van der Waals surface area (Å²) in [6, 6.07) is 7.41. The molecule has 0 amide bonds. The Morgan fingerprint density at radius 2 is 1.92 bits per heavy atom. The van der Waals surface area contributed by atoms with E-state index in [1.807, 2.05) is 24.3 Å². The zero-order chi connectivity index (χ0) is 8.81. The minimum atomic E-state index is 0. The van der Waals surface area contributed by atoms with Gasteiger partial charge in [-0.25, -0.2) is 0 Å². The number of methoxy groups -OCH3 is 1. The first kappa shape index (κ1) is 12.1. The lowest BCUT2D eigenvalue weighted by Crippen LogP contribution is -2.05. The van der Waals surface area contributed by atoms with E-state index in [4.69, 9.17) is 15.2 Å². The summed E-state index contributed by atoms with van der Waals surface area (Å²) >= 11 is 0. The van der Waals surface area contributed by atoms with Crippen LogP contribution in [0.3, 0.4) is 0 Å². The second-order valence-electron chi connectivity index (χ2n) is 2.38. The third-order valence-electron chi connectivity index (χ3n) is 1.46. The molecule has 0 fully saturated rings. The first-order valence-corrected chi connectivity index (χ1v) is 3.81. The number of nitrogens with two attached hydrogens (primary N) is 1. The van der Waals surface area contributed by atoms with Gasteiger partial charge in [-0.3, -0.25) is 0 Å². The number of ether oxygens (including phenoxy) is 2. The number of para-hydroxylation sites is 2. The van der Waals surface area contributed by atoms with Crippen molar-refractivity contribution in [3.63, 3.8) is 0 Å². The van der Waals surface area contributed by atoms with Gasteiger partial charge in [-0.1, -0.05) is 12.1 Å². The van der Waals surface area contributed by atoms with Gasteiger partial charge in [0.05, 0.1) is 12.3 Å². The van der Waals surface area contributed by atoms with Crippen molar-refractivity contribution >= 4 is 18.1 Å². The summed E-state index contributed by atoms with van der Waals surface area (Å²) in [6.45, 7) is 1.11. The maximum absolute atomic E-state index is 5.64. The summed E-state index contributed by atoms with van der Waals surface area (Å²) < 4.78 is 10.2. The lowest BCUT2D eigenvalue weighted by atomic mass is 10.3. The molecule has 0 radical (unpaired) electrons. The summed E-state index contributed by atoms with van der Waals surface area (Å²) in [7, 11) is 1.64. The van der Waals surface area contributed by atoms with Gasteiger partial charge >= 0.3 is 0 Å². The summed E-state index contributed by atoms with van der Waals surface area (Å²) in [5.74, 6) is 0.717. The zero-order valence-corrected chi connectivity index (χ0v) is 8.34. The van der Waals surface area contributed by atoms with Gasteiger partial charge < -0.3 is 15.2 Å². The van der Waals surface area contributed by atoms with E-state index >= 15 is 0 Å². The van der Waals surface area contributed by atoms with Gasteiger partial charge in [0.2, 0.25) is 0 Å². The number of benzene rings is 1. The molecule has 0 saturated carbocycles. The van der Waals surface area contributed by atoms with Crippen molar-refractivity contribution in [3.05, 3.63) is 24.3 Å². The summed E-state index contributed by atoms with van der Waals surface area (Å²) in [6.07, 6.45) is 0. The van der Waals surface area contributed by atoms with Crippen LogP contribution in [-0.4, -0.2) is 20.3 Å². The van der Waals surface area contributed by atoms with E-state index in [1.54, 1.807) is 7.11 Å². The molecule has 1 aromatic carbocycles. The van der Waals surface area contributed by atoms with Crippen molar-refractivity contribution in [3.8, 4) is 5.75 Å². The molecule has 0 aliphatic heterocycles. The van der Waals surface area contributed by atoms with E-state index < -0.39 is 0 Å². The second kappa shape index (κ2) is 6.57. The van der Waals surface area contributed by atoms with Crippen LogP contribution in [0.5, 0.6) is 5.75 Å². The maximum Gasteiger partial charge on any atom is 0.142 e. The van der Waals surface area contributed by atoms with Gasteiger partial charge in [-0.05, 0) is 12.1 Å². The van der Waals surface area contributed by atoms with Gasteiger partial charge in [0.1, 0.15) is 12.4 Å².